The lowest BCUT2D eigenvalue weighted by molar-refractivity contribution is 1.11. The molecule has 0 N–H and O–H groups in total. The molecule has 0 radical (unpaired) electrons. The van der Waals surface area contributed by atoms with Crippen LogP contribution in [0.15, 0.2) is 267 Å². The Balaban J connectivity index is 1.03. The number of benzene rings is 11. The molecule has 0 amide bonds. The van der Waals surface area contributed by atoms with Gasteiger partial charge in [0.1, 0.15) is 0 Å². The zero-order valence-corrected chi connectivity index (χ0v) is 40.1. The van der Waals surface area contributed by atoms with Crippen LogP contribution in [-0.2, 0) is 0 Å². The zero-order valence-electron chi connectivity index (χ0n) is 40.1. The number of hydrogen-bond donors (Lipinski definition) is 0. The average molecular weight is 945 g/mol. The smallest absolute Gasteiger partial charge is 0.220 e. The first kappa shape index (κ1) is 41.7. The molecule has 4 aromatic heterocycles. The third-order valence-corrected chi connectivity index (χ3v) is 14.8. The van der Waals surface area contributed by atoms with Crippen LogP contribution in [0.25, 0.3) is 134 Å². The summed E-state index contributed by atoms with van der Waals surface area (Å²) in [6.45, 7) is 0. The summed E-state index contributed by atoms with van der Waals surface area (Å²) < 4.78 is 9.21. The Kier molecular flexibility index (Phi) is 9.47. The van der Waals surface area contributed by atoms with Gasteiger partial charge in [-0.25, -0.2) is 9.97 Å². The van der Waals surface area contributed by atoms with Gasteiger partial charge < -0.3 is 0 Å². The van der Waals surface area contributed by atoms with Crippen molar-refractivity contribution in [2.45, 2.75) is 0 Å². The summed E-state index contributed by atoms with van der Waals surface area (Å²) in [5.41, 5.74) is 24.2. The van der Waals surface area contributed by atoms with Crippen molar-refractivity contribution >= 4 is 55.7 Å². The molecule has 0 fully saturated rings. The van der Waals surface area contributed by atoms with Crippen molar-refractivity contribution < 1.29 is 0 Å². The van der Waals surface area contributed by atoms with Crippen molar-refractivity contribution in [3.8, 4) is 78.1 Å². The highest BCUT2D eigenvalue weighted by atomic mass is 15.2. The second-order valence-electron chi connectivity index (χ2n) is 18.9. The first-order chi connectivity index (χ1) is 36.8. The Morgan fingerprint density at radius 2 is 0.541 bits per heavy atom. The third kappa shape index (κ3) is 6.38. The molecule has 0 aliphatic rings. The number of nitrogens with zero attached hydrogens (tertiary/aromatic N) is 6. The molecule has 346 valence electrons. The van der Waals surface area contributed by atoms with Gasteiger partial charge in [0.05, 0.1) is 49.8 Å². The molecule has 0 saturated carbocycles. The molecule has 74 heavy (non-hydrogen) atoms. The van der Waals surface area contributed by atoms with E-state index in [1.807, 2.05) is 0 Å². The van der Waals surface area contributed by atoms with E-state index in [9.17, 15) is 0 Å². The predicted molar refractivity (Wildman–Crippen MR) is 305 cm³/mol. The molecule has 0 atom stereocenters. The van der Waals surface area contributed by atoms with Gasteiger partial charge in [0, 0.05) is 5.69 Å². The summed E-state index contributed by atoms with van der Waals surface area (Å²) in [4.78, 5) is 10.7. The van der Waals surface area contributed by atoms with E-state index in [1.165, 1.54) is 27.8 Å². The fourth-order valence-corrected chi connectivity index (χ4v) is 11.7. The number of rotatable bonds is 8. The molecular formula is C68H44N6. The van der Waals surface area contributed by atoms with Gasteiger partial charge in [-0.3, -0.25) is 17.9 Å². The Hall–Kier alpha value is -10.0. The molecule has 6 nitrogen and oxygen atoms in total. The van der Waals surface area contributed by atoms with Crippen LogP contribution in [0.1, 0.15) is 0 Å². The fraction of sp³-hybridized carbons (Fsp3) is 0. The molecule has 15 rings (SSSR count). The van der Waals surface area contributed by atoms with Crippen molar-refractivity contribution in [1.29, 1.82) is 0 Å². The predicted octanol–water partition coefficient (Wildman–Crippen LogP) is 17.2. The van der Waals surface area contributed by atoms with Gasteiger partial charge in [0.2, 0.25) is 11.6 Å². The first-order valence-electron chi connectivity index (χ1n) is 25.2. The van der Waals surface area contributed by atoms with E-state index in [4.69, 9.17) is 9.97 Å². The molecule has 0 saturated heterocycles. The Morgan fingerprint density at radius 3 is 0.986 bits per heavy atom. The van der Waals surface area contributed by atoms with Gasteiger partial charge in [-0.15, -0.1) is 0 Å². The van der Waals surface area contributed by atoms with Gasteiger partial charge >= 0.3 is 0 Å². The molecule has 0 unspecified atom stereocenters. The summed E-state index contributed by atoms with van der Waals surface area (Å²) in [7, 11) is 0. The number of hydrogen-bond acceptors (Lipinski definition) is 2. The molecule has 0 bridgehead atoms. The Morgan fingerprint density at radius 1 is 0.216 bits per heavy atom. The van der Waals surface area contributed by atoms with Gasteiger partial charge in [0.15, 0.2) is 0 Å². The highest BCUT2D eigenvalue weighted by Gasteiger charge is 2.30. The van der Waals surface area contributed by atoms with Gasteiger partial charge in [-0.05, 0) is 133 Å². The van der Waals surface area contributed by atoms with E-state index in [2.05, 4.69) is 285 Å². The van der Waals surface area contributed by atoms with Crippen LogP contribution in [0.3, 0.4) is 0 Å². The molecule has 11 aromatic carbocycles. The van der Waals surface area contributed by atoms with Gasteiger partial charge in [-0.2, -0.15) is 0 Å². The van der Waals surface area contributed by atoms with Crippen LogP contribution in [-0.4, -0.2) is 27.9 Å². The van der Waals surface area contributed by atoms with Gasteiger partial charge in [-0.1, -0.05) is 200 Å². The van der Waals surface area contributed by atoms with Crippen LogP contribution in [0, 0.1) is 0 Å². The summed E-state index contributed by atoms with van der Waals surface area (Å²) in [6.07, 6.45) is 0. The van der Waals surface area contributed by atoms with Crippen molar-refractivity contribution in [3.63, 3.8) is 0 Å². The molecule has 6 heteroatoms. The van der Waals surface area contributed by atoms with Crippen molar-refractivity contribution in [1.82, 2.24) is 27.9 Å². The van der Waals surface area contributed by atoms with Crippen LogP contribution in [0.5, 0.6) is 0 Å². The molecule has 4 heterocycles. The minimum Gasteiger partial charge on any atom is -0.278 e. The van der Waals surface area contributed by atoms with Crippen molar-refractivity contribution in [2.24, 2.45) is 0 Å². The molecular weight excluding hydrogens is 901 g/mol. The largest absolute Gasteiger partial charge is 0.278 e. The van der Waals surface area contributed by atoms with Crippen LogP contribution < -0.4 is 0 Å². The van der Waals surface area contributed by atoms with Crippen LogP contribution >= 0.6 is 0 Å². The second-order valence-corrected chi connectivity index (χ2v) is 18.9. The lowest BCUT2D eigenvalue weighted by atomic mass is 9.74. The standard InChI is InChI=1S/C68H44N6/c1-6-23-45(24-7-1)61-62(46-25-8-2-9-26-46)64(48-29-12-4-13-30-48)66(65(49-31-14-5-15-32-49)63(61)47-27-10-3-11-28-47)50-33-22-34-51(43-50)71-57-38-19-21-40-59(57)74-60-44-52(41-42-54(60)70-68(71)74)72-56-37-18-20-39-58(56)73-55-36-17-16-35-53(55)69-67(72)73/h1-44H. The lowest BCUT2D eigenvalue weighted by Gasteiger charge is -2.29. The molecule has 15 aromatic rings. The number of aromatic nitrogens is 6. The SMILES string of the molecule is c1ccc(-c2c(-c3ccccc3)c(-c3ccccc3)c(-c3cccc(-n4c5ccccc5n5c6cc(-n7c8ccccc8n8c9ccccc9nc78)ccc6nc45)c3)c(-c3ccccc3)c2-c2ccccc2)cc1. The van der Waals surface area contributed by atoms with Crippen LogP contribution in [0.2, 0.25) is 0 Å². The fourth-order valence-electron chi connectivity index (χ4n) is 11.7. The zero-order chi connectivity index (χ0) is 48.7. The third-order valence-electron chi connectivity index (χ3n) is 14.8. The second kappa shape index (κ2) is 16.8. The first-order valence-corrected chi connectivity index (χ1v) is 25.2. The summed E-state index contributed by atoms with van der Waals surface area (Å²) in [5, 5.41) is 0. The lowest BCUT2D eigenvalue weighted by Crippen LogP contribution is -2.02. The van der Waals surface area contributed by atoms with Gasteiger partial charge in [0.25, 0.3) is 0 Å². The van der Waals surface area contributed by atoms with E-state index < -0.39 is 0 Å². The van der Waals surface area contributed by atoms with E-state index in [0.29, 0.717) is 0 Å². The maximum absolute atomic E-state index is 5.49. The maximum atomic E-state index is 5.49. The quantitative estimate of drug-likeness (QED) is 0.152. The maximum Gasteiger partial charge on any atom is 0.220 e. The summed E-state index contributed by atoms with van der Waals surface area (Å²) in [6, 6.07) is 96.2. The van der Waals surface area contributed by atoms with Crippen molar-refractivity contribution in [3.05, 3.63) is 267 Å². The minimum atomic E-state index is 0.838. The Bertz CT molecular complexity index is 4520. The molecule has 0 aliphatic heterocycles. The number of imidazole rings is 4. The highest BCUT2D eigenvalue weighted by Crippen LogP contribution is 2.56. The minimum absolute atomic E-state index is 0.838. The average Bonchev–Trinajstić information content (AvgIpc) is 4.23. The highest BCUT2D eigenvalue weighted by molar-refractivity contribution is 6.15. The molecule has 0 spiro atoms. The van der Waals surface area contributed by atoms with E-state index in [-0.39, 0.29) is 0 Å². The number of fused-ring (bicyclic) bond motifs is 10. The van der Waals surface area contributed by atoms with E-state index in [0.717, 1.165) is 106 Å². The van der Waals surface area contributed by atoms with Crippen LogP contribution in [0.4, 0.5) is 0 Å². The van der Waals surface area contributed by atoms with E-state index in [1.54, 1.807) is 0 Å². The number of para-hydroxylation sites is 6. The summed E-state index contributed by atoms with van der Waals surface area (Å²) >= 11 is 0. The van der Waals surface area contributed by atoms with Crippen molar-refractivity contribution in [2.75, 3.05) is 0 Å². The Labute approximate surface area is 426 Å². The topological polar surface area (TPSA) is 44.5 Å². The summed E-state index contributed by atoms with van der Waals surface area (Å²) in [5.74, 6) is 1.71. The normalized spacial score (nSPS) is 11.8. The molecule has 0 aliphatic carbocycles. The monoisotopic (exact) mass is 944 g/mol. The van der Waals surface area contributed by atoms with E-state index >= 15 is 0 Å².